The van der Waals surface area contributed by atoms with Gasteiger partial charge in [0.2, 0.25) is 0 Å². The zero-order chi connectivity index (χ0) is 15.4. The first-order chi connectivity index (χ1) is 10.1. The Morgan fingerprint density at radius 3 is 2.57 bits per heavy atom. The minimum atomic E-state index is -0.163. The number of nitriles is 2. The molecule has 0 atom stereocenters. The Balaban J connectivity index is 2.85. The maximum Gasteiger partial charge on any atom is 0.269 e. The van der Waals surface area contributed by atoms with Crippen molar-refractivity contribution in [1.82, 2.24) is 4.57 Å². The summed E-state index contributed by atoms with van der Waals surface area (Å²) in [5.74, 6) is 0. The van der Waals surface area contributed by atoms with Crippen molar-refractivity contribution in [2.45, 2.75) is 20.4 Å². The van der Waals surface area contributed by atoms with Crippen LogP contribution >= 0.6 is 11.3 Å². The van der Waals surface area contributed by atoms with E-state index in [-0.39, 0.29) is 11.1 Å². The first-order valence-corrected chi connectivity index (χ1v) is 7.25. The van der Waals surface area contributed by atoms with E-state index < -0.39 is 0 Å². The highest BCUT2D eigenvalue weighted by molar-refractivity contribution is 7.07. The van der Waals surface area contributed by atoms with Crippen LogP contribution in [0.3, 0.4) is 0 Å². The third kappa shape index (κ3) is 2.79. The number of nitrogens with zero attached hydrogens (tertiary/aromatic N) is 3. The first-order valence-electron chi connectivity index (χ1n) is 6.43. The van der Waals surface area contributed by atoms with Crippen LogP contribution in [0.2, 0.25) is 0 Å². The third-order valence-electron chi connectivity index (χ3n) is 3.14. The molecule has 5 heteroatoms. The summed E-state index contributed by atoms with van der Waals surface area (Å²) in [5.41, 5.74) is 1.84. The van der Waals surface area contributed by atoms with Crippen molar-refractivity contribution in [2.75, 3.05) is 0 Å². The second kappa shape index (κ2) is 6.21. The van der Waals surface area contributed by atoms with Gasteiger partial charge in [-0.2, -0.15) is 10.5 Å². The average Bonchev–Trinajstić information content (AvgIpc) is 2.79. The number of hydrogen-bond donors (Lipinski definition) is 0. The molecule has 0 aliphatic rings. The van der Waals surface area contributed by atoms with Gasteiger partial charge in [-0.1, -0.05) is 24.3 Å². The fourth-order valence-corrected chi connectivity index (χ4v) is 3.11. The van der Waals surface area contributed by atoms with Gasteiger partial charge in [0.1, 0.15) is 16.8 Å². The van der Waals surface area contributed by atoms with Gasteiger partial charge in [-0.15, -0.1) is 11.3 Å². The van der Waals surface area contributed by atoms with Gasteiger partial charge in [0.15, 0.2) is 5.57 Å². The van der Waals surface area contributed by atoms with Crippen LogP contribution in [0.4, 0.5) is 0 Å². The number of thiazole rings is 1. The van der Waals surface area contributed by atoms with Crippen LogP contribution < -0.4 is 14.8 Å². The van der Waals surface area contributed by atoms with Gasteiger partial charge >= 0.3 is 0 Å². The highest BCUT2D eigenvalue weighted by Gasteiger charge is 2.07. The van der Waals surface area contributed by atoms with Gasteiger partial charge in [-0.25, -0.2) is 0 Å². The summed E-state index contributed by atoms with van der Waals surface area (Å²) in [5, 5.41) is 18.0. The Labute approximate surface area is 126 Å². The Kier molecular flexibility index (Phi) is 4.37. The second-order valence-corrected chi connectivity index (χ2v) is 5.45. The zero-order valence-corrected chi connectivity index (χ0v) is 12.6. The fraction of sp³-hybridized carbons (Fsp3) is 0.188. The molecule has 104 valence electrons. The lowest BCUT2D eigenvalue weighted by Gasteiger charge is -1.96. The number of aromatic nitrogens is 1. The van der Waals surface area contributed by atoms with Crippen LogP contribution in [0.5, 0.6) is 0 Å². The van der Waals surface area contributed by atoms with E-state index in [1.54, 1.807) is 0 Å². The maximum atomic E-state index is 12.4. The SMILES string of the molecule is CCn1c(=C(C#N)C#N)s/c(=C/c2ccccc2C)c1=O. The van der Waals surface area contributed by atoms with Crippen molar-refractivity contribution in [2.24, 2.45) is 0 Å². The van der Waals surface area contributed by atoms with Crippen molar-refractivity contribution in [3.8, 4) is 12.1 Å². The van der Waals surface area contributed by atoms with Crippen LogP contribution in [0.1, 0.15) is 18.1 Å². The average molecular weight is 295 g/mol. The van der Waals surface area contributed by atoms with Gasteiger partial charge < -0.3 is 0 Å². The molecule has 1 aromatic carbocycles. The highest BCUT2D eigenvalue weighted by atomic mass is 32.1. The van der Waals surface area contributed by atoms with E-state index in [0.29, 0.717) is 15.7 Å². The molecule has 21 heavy (non-hydrogen) atoms. The predicted molar refractivity (Wildman–Crippen MR) is 82.9 cm³/mol. The monoisotopic (exact) mass is 295 g/mol. The Bertz CT molecular complexity index is 920. The third-order valence-corrected chi connectivity index (χ3v) is 4.27. The van der Waals surface area contributed by atoms with Crippen LogP contribution in [0, 0.1) is 29.6 Å². The Morgan fingerprint density at radius 1 is 1.33 bits per heavy atom. The molecule has 1 heterocycles. The van der Waals surface area contributed by atoms with E-state index in [9.17, 15) is 4.79 Å². The number of rotatable bonds is 2. The standard InChI is InChI=1S/C16H13N3OS/c1-3-19-15(20)14(21-16(19)13(9-17)10-18)8-12-7-5-4-6-11(12)2/h4-8H,3H2,1-2H3/b14-8+. The first kappa shape index (κ1) is 14.8. The zero-order valence-electron chi connectivity index (χ0n) is 11.8. The molecule has 0 spiro atoms. The van der Waals surface area contributed by atoms with E-state index in [4.69, 9.17) is 10.5 Å². The van der Waals surface area contributed by atoms with Gasteiger partial charge in [0.25, 0.3) is 5.56 Å². The van der Waals surface area contributed by atoms with Gasteiger partial charge in [-0.05, 0) is 31.1 Å². The molecule has 0 aliphatic carbocycles. The topological polar surface area (TPSA) is 69.6 Å². The van der Waals surface area contributed by atoms with E-state index in [0.717, 1.165) is 11.1 Å². The normalized spacial score (nSPS) is 11.0. The van der Waals surface area contributed by atoms with Crippen molar-refractivity contribution >= 4 is 23.0 Å². The van der Waals surface area contributed by atoms with Crippen molar-refractivity contribution in [3.05, 3.63) is 54.9 Å². The molecule has 0 saturated heterocycles. The largest absolute Gasteiger partial charge is 0.298 e. The molecule has 0 unspecified atom stereocenters. The van der Waals surface area contributed by atoms with Crippen LogP contribution in [-0.2, 0) is 6.54 Å². The summed E-state index contributed by atoms with van der Waals surface area (Å²) < 4.78 is 2.42. The molecular formula is C16H13N3OS. The molecule has 0 amide bonds. The fourth-order valence-electron chi connectivity index (χ4n) is 2.00. The summed E-state index contributed by atoms with van der Waals surface area (Å²) in [7, 11) is 0. The summed E-state index contributed by atoms with van der Waals surface area (Å²) in [6.07, 6.45) is 1.81. The molecule has 0 radical (unpaired) electrons. The molecule has 1 aromatic heterocycles. The predicted octanol–water partition coefficient (Wildman–Crippen LogP) is 1.26. The minimum Gasteiger partial charge on any atom is -0.298 e. The van der Waals surface area contributed by atoms with E-state index >= 15 is 0 Å². The van der Waals surface area contributed by atoms with Crippen molar-refractivity contribution < 1.29 is 0 Å². The molecular weight excluding hydrogens is 282 g/mol. The Hall–Kier alpha value is -2.63. The van der Waals surface area contributed by atoms with E-state index in [1.165, 1.54) is 15.9 Å². The van der Waals surface area contributed by atoms with Crippen molar-refractivity contribution in [1.29, 1.82) is 10.5 Å². The molecule has 4 nitrogen and oxygen atoms in total. The lowest BCUT2D eigenvalue weighted by atomic mass is 10.1. The summed E-state index contributed by atoms with van der Waals surface area (Å²) >= 11 is 1.18. The number of hydrogen-bond acceptors (Lipinski definition) is 4. The lowest BCUT2D eigenvalue weighted by molar-refractivity contribution is 0.722. The molecule has 0 saturated carbocycles. The molecule has 0 bridgehead atoms. The molecule has 0 aliphatic heterocycles. The summed E-state index contributed by atoms with van der Waals surface area (Å²) in [4.78, 5) is 12.4. The maximum absolute atomic E-state index is 12.4. The van der Waals surface area contributed by atoms with Crippen molar-refractivity contribution in [3.63, 3.8) is 0 Å². The van der Waals surface area contributed by atoms with E-state index in [2.05, 4.69) is 0 Å². The van der Waals surface area contributed by atoms with Crippen LogP contribution in [-0.4, -0.2) is 4.57 Å². The van der Waals surface area contributed by atoms with Gasteiger partial charge in [-0.3, -0.25) is 9.36 Å². The van der Waals surface area contributed by atoms with Crippen LogP contribution in [0.15, 0.2) is 29.1 Å². The number of aryl methyl sites for hydroxylation is 1. The molecule has 0 N–H and O–H groups in total. The summed E-state index contributed by atoms with van der Waals surface area (Å²) in [6, 6.07) is 11.5. The quantitative estimate of drug-likeness (QED) is 0.837. The molecule has 2 rings (SSSR count). The lowest BCUT2D eigenvalue weighted by Crippen LogP contribution is -2.31. The highest BCUT2D eigenvalue weighted by Crippen LogP contribution is 2.07. The van der Waals surface area contributed by atoms with Gasteiger partial charge in [0.05, 0.1) is 4.53 Å². The minimum absolute atomic E-state index is 0.0246. The van der Waals surface area contributed by atoms with E-state index in [1.807, 2.05) is 56.3 Å². The van der Waals surface area contributed by atoms with Crippen LogP contribution in [0.25, 0.3) is 11.6 Å². The molecule has 0 fully saturated rings. The smallest absolute Gasteiger partial charge is 0.269 e. The molecule has 2 aromatic rings. The Morgan fingerprint density at radius 2 is 2.00 bits per heavy atom. The number of benzene rings is 1. The second-order valence-electron chi connectivity index (χ2n) is 4.42. The summed E-state index contributed by atoms with van der Waals surface area (Å²) in [6.45, 7) is 4.22. The van der Waals surface area contributed by atoms with Gasteiger partial charge in [0, 0.05) is 6.54 Å².